The van der Waals surface area contributed by atoms with Gasteiger partial charge in [0.15, 0.2) is 0 Å². The number of fused-ring (bicyclic) bond motifs is 1. The molecule has 0 aliphatic rings. The van der Waals surface area contributed by atoms with E-state index in [9.17, 15) is 4.79 Å². The molecule has 1 aromatic carbocycles. The first-order valence-corrected chi connectivity index (χ1v) is 6.30. The lowest BCUT2D eigenvalue weighted by atomic mass is 10.0. The predicted molar refractivity (Wildman–Crippen MR) is 70.5 cm³/mol. The highest BCUT2D eigenvalue weighted by Gasteiger charge is 2.14. The summed E-state index contributed by atoms with van der Waals surface area (Å²) in [6.45, 7) is 4.62. The number of hydrogen-bond acceptors (Lipinski definition) is 2. The van der Waals surface area contributed by atoms with Gasteiger partial charge in [0.05, 0.1) is 17.1 Å². The zero-order valence-electron chi connectivity index (χ0n) is 10.8. The summed E-state index contributed by atoms with van der Waals surface area (Å²) in [6.07, 6.45) is 1.33. The summed E-state index contributed by atoms with van der Waals surface area (Å²) < 4.78 is 1.97. The molecule has 1 atom stereocenters. The summed E-state index contributed by atoms with van der Waals surface area (Å²) in [7, 11) is 0. The van der Waals surface area contributed by atoms with Gasteiger partial charge in [-0.15, -0.1) is 0 Å². The van der Waals surface area contributed by atoms with Crippen molar-refractivity contribution in [1.82, 2.24) is 9.78 Å². The number of para-hydroxylation sites is 1. The zero-order valence-corrected chi connectivity index (χ0v) is 10.8. The number of aliphatic carboxylic acids is 1. The Morgan fingerprint density at radius 1 is 1.44 bits per heavy atom. The maximum absolute atomic E-state index is 10.8. The van der Waals surface area contributed by atoms with Gasteiger partial charge in [0, 0.05) is 11.9 Å². The number of hydrogen-bond donors (Lipinski definition) is 1. The molecular formula is C14H18N2O2. The van der Waals surface area contributed by atoms with Crippen LogP contribution < -0.4 is 0 Å². The average molecular weight is 246 g/mol. The van der Waals surface area contributed by atoms with Crippen molar-refractivity contribution in [2.24, 2.45) is 5.92 Å². The topological polar surface area (TPSA) is 55.1 Å². The van der Waals surface area contributed by atoms with Crippen LogP contribution in [0.25, 0.3) is 10.9 Å². The smallest absolute Gasteiger partial charge is 0.306 e. The van der Waals surface area contributed by atoms with Crippen LogP contribution in [-0.4, -0.2) is 20.9 Å². The Morgan fingerprint density at radius 2 is 2.17 bits per heavy atom. The van der Waals surface area contributed by atoms with Gasteiger partial charge in [0.1, 0.15) is 0 Å². The Kier molecular flexibility index (Phi) is 3.65. The van der Waals surface area contributed by atoms with E-state index in [4.69, 9.17) is 5.11 Å². The van der Waals surface area contributed by atoms with Crippen LogP contribution in [-0.2, 0) is 17.8 Å². The standard InChI is InChI=1S/C14H18N2O2/c1-3-16-13-7-5-4-6-11(13)12(15-16)9-8-10(2)14(17)18/h4-7,10H,3,8-9H2,1-2H3,(H,17,18). The first kappa shape index (κ1) is 12.6. The van der Waals surface area contributed by atoms with Gasteiger partial charge in [-0.05, 0) is 25.8 Å². The Hall–Kier alpha value is -1.84. The summed E-state index contributed by atoms with van der Waals surface area (Å²) in [5, 5.41) is 14.6. The molecule has 2 rings (SSSR count). The van der Waals surface area contributed by atoms with Crippen molar-refractivity contribution in [3.05, 3.63) is 30.0 Å². The van der Waals surface area contributed by atoms with E-state index in [1.165, 1.54) is 0 Å². The van der Waals surface area contributed by atoms with Crippen LogP contribution >= 0.6 is 0 Å². The van der Waals surface area contributed by atoms with E-state index in [0.29, 0.717) is 12.8 Å². The van der Waals surface area contributed by atoms with Crippen molar-refractivity contribution in [3.63, 3.8) is 0 Å². The normalized spacial score (nSPS) is 12.8. The summed E-state index contributed by atoms with van der Waals surface area (Å²) in [4.78, 5) is 10.8. The molecule has 1 aromatic heterocycles. The van der Waals surface area contributed by atoms with E-state index in [0.717, 1.165) is 23.1 Å². The lowest BCUT2D eigenvalue weighted by molar-refractivity contribution is -0.141. The third kappa shape index (κ3) is 2.37. The summed E-state index contributed by atoms with van der Waals surface area (Å²) in [6, 6.07) is 8.10. The fourth-order valence-corrected chi connectivity index (χ4v) is 2.10. The predicted octanol–water partition coefficient (Wildman–Crippen LogP) is 2.71. The second-order valence-electron chi connectivity index (χ2n) is 4.56. The van der Waals surface area contributed by atoms with E-state index >= 15 is 0 Å². The first-order chi connectivity index (χ1) is 8.63. The molecule has 4 nitrogen and oxygen atoms in total. The highest BCUT2D eigenvalue weighted by Crippen LogP contribution is 2.20. The van der Waals surface area contributed by atoms with Gasteiger partial charge in [-0.3, -0.25) is 9.48 Å². The van der Waals surface area contributed by atoms with Gasteiger partial charge in [-0.1, -0.05) is 25.1 Å². The van der Waals surface area contributed by atoms with Crippen LogP contribution in [0.3, 0.4) is 0 Å². The lowest BCUT2D eigenvalue weighted by Gasteiger charge is -2.03. The monoisotopic (exact) mass is 246 g/mol. The largest absolute Gasteiger partial charge is 0.481 e. The molecule has 96 valence electrons. The van der Waals surface area contributed by atoms with Crippen molar-refractivity contribution >= 4 is 16.9 Å². The van der Waals surface area contributed by atoms with Crippen molar-refractivity contribution in [1.29, 1.82) is 0 Å². The van der Waals surface area contributed by atoms with Gasteiger partial charge in [0.25, 0.3) is 0 Å². The van der Waals surface area contributed by atoms with Crippen molar-refractivity contribution in [3.8, 4) is 0 Å². The van der Waals surface area contributed by atoms with Crippen LogP contribution in [0.5, 0.6) is 0 Å². The molecule has 0 radical (unpaired) electrons. The maximum Gasteiger partial charge on any atom is 0.306 e. The Morgan fingerprint density at radius 3 is 2.83 bits per heavy atom. The van der Waals surface area contributed by atoms with Crippen LogP contribution in [0.1, 0.15) is 26.0 Å². The Labute approximate surface area is 106 Å². The van der Waals surface area contributed by atoms with Crippen molar-refractivity contribution < 1.29 is 9.90 Å². The van der Waals surface area contributed by atoms with Crippen LogP contribution in [0.4, 0.5) is 0 Å². The van der Waals surface area contributed by atoms with Crippen molar-refractivity contribution in [2.45, 2.75) is 33.2 Å². The molecule has 18 heavy (non-hydrogen) atoms. The Balaban J connectivity index is 2.25. The van der Waals surface area contributed by atoms with Gasteiger partial charge in [-0.25, -0.2) is 0 Å². The minimum atomic E-state index is -0.741. The molecule has 1 N–H and O–H groups in total. The summed E-state index contributed by atoms with van der Waals surface area (Å²) in [5.41, 5.74) is 2.12. The fraction of sp³-hybridized carbons (Fsp3) is 0.429. The number of carboxylic acids is 1. The maximum atomic E-state index is 10.8. The SMILES string of the molecule is CCn1nc(CCC(C)C(=O)O)c2ccccc21. The third-order valence-electron chi connectivity index (χ3n) is 3.27. The molecule has 1 unspecified atom stereocenters. The van der Waals surface area contributed by atoms with E-state index < -0.39 is 5.97 Å². The van der Waals surface area contributed by atoms with E-state index in [1.807, 2.05) is 16.8 Å². The van der Waals surface area contributed by atoms with Crippen molar-refractivity contribution in [2.75, 3.05) is 0 Å². The summed E-state index contributed by atoms with van der Waals surface area (Å²) >= 11 is 0. The minimum Gasteiger partial charge on any atom is -0.481 e. The minimum absolute atomic E-state index is 0.324. The number of carbonyl (C=O) groups is 1. The number of nitrogens with zero attached hydrogens (tertiary/aromatic N) is 2. The molecule has 1 heterocycles. The second-order valence-corrected chi connectivity index (χ2v) is 4.56. The van der Waals surface area contributed by atoms with E-state index in [1.54, 1.807) is 6.92 Å². The fourth-order valence-electron chi connectivity index (χ4n) is 2.10. The van der Waals surface area contributed by atoms with E-state index in [-0.39, 0.29) is 5.92 Å². The molecule has 0 aliphatic heterocycles. The lowest BCUT2D eigenvalue weighted by Crippen LogP contribution is -2.10. The first-order valence-electron chi connectivity index (χ1n) is 6.30. The van der Waals surface area contributed by atoms with Crippen LogP contribution in [0, 0.1) is 5.92 Å². The second kappa shape index (κ2) is 5.21. The number of carboxylic acid groups (broad SMARTS) is 1. The molecule has 0 fully saturated rings. The molecule has 0 saturated heterocycles. The van der Waals surface area contributed by atoms with Gasteiger partial charge in [-0.2, -0.15) is 5.10 Å². The summed E-state index contributed by atoms with van der Waals surface area (Å²) in [5.74, 6) is -1.07. The molecule has 0 bridgehead atoms. The average Bonchev–Trinajstić information content (AvgIpc) is 2.74. The van der Waals surface area contributed by atoms with Gasteiger partial charge < -0.3 is 5.11 Å². The third-order valence-corrected chi connectivity index (χ3v) is 3.27. The molecule has 0 amide bonds. The van der Waals surface area contributed by atoms with Gasteiger partial charge >= 0.3 is 5.97 Å². The number of aryl methyl sites for hydroxylation is 2. The van der Waals surface area contributed by atoms with Crippen LogP contribution in [0.15, 0.2) is 24.3 Å². The van der Waals surface area contributed by atoms with Crippen LogP contribution in [0.2, 0.25) is 0 Å². The zero-order chi connectivity index (χ0) is 13.1. The molecule has 0 aliphatic carbocycles. The van der Waals surface area contributed by atoms with Gasteiger partial charge in [0.2, 0.25) is 0 Å². The molecule has 0 spiro atoms. The highest BCUT2D eigenvalue weighted by atomic mass is 16.4. The molecule has 2 aromatic rings. The molecule has 4 heteroatoms. The Bertz CT molecular complexity index is 560. The molecule has 0 saturated carbocycles. The number of benzene rings is 1. The number of aromatic nitrogens is 2. The number of rotatable bonds is 5. The quantitative estimate of drug-likeness (QED) is 0.882. The molecular weight excluding hydrogens is 228 g/mol. The van der Waals surface area contributed by atoms with E-state index in [2.05, 4.69) is 24.2 Å². The highest BCUT2D eigenvalue weighted by molar-refractivity contribution is 5.82.